The summed E-state index contributed by atoms with van der Waals surface area (Å²) in [6.07, 6.45) is 2.44. The lowest BCUT2D eigenvalue weighted by molar-refractivity contribution is 0.130. The number of nitrogens with one attached hydrogen (secondary N) is 2. The Morgan fingerprint density at radius 1 is 0.967 bits per heavy atom. The molecule has 2 N–H and O–H groups in total. The Morgan fingerprint density at radius 3 is 1.73 bits per heavy atom. The van der Waals surface area contributed by atoms with E-state index in [4.69, 9.17) is 9.47 Å². The highest BCUT2D eigenvalue weighted by molar-refractivity contribution is 7.09. The van der Waals surface area contributed by atoms with Crippen LogP contribution in [0.25, 0.3) is 0 Å². The van der Waals surface area contributed by atoms with Crippen molar-refractivity contribution in [1.29, 1.82) is 0 Å². The van der Waals surface area contributed by atoms with E-state index in [1.807, 2.05) is 20.8 Å². The molecule has 0 aromatic carbocycles. The van der Waals surface area contributed by atoms with Gasteiger partial charge in [0.05, 0.1) is 20.8 Å². The van der Waals surface area contributed by atoms with E-state index in [1.165, 1.54) is 22.7 Å². The molecule has 168 valence electrons. The third-order valence-corrected chi connectivity index (χ3v) is 5.40. The summed E-state index contributed by atoms with van der Waals surface area (Å²) in [5.74, 6) is 0. The second kappa shape index (κ2) is 14.1. The van der Waals surface area contributed by atoms with Crippen LogP contribution in [0.1, 0.15) is 30.5 Å². The number of rotatable bonds is 11. The number of hydrogen-bond donors (Lipinski definition) is 2. The molecule has 0 bridgehead atoms. The van der Waals surface area contributed by atoms with Crippen LogP contribution in [0.5, 0.6) is 0 Å². The molecule has 0 spiro atoms. The van der Waals surface area contributed by atoms with Crippen molar-refractivity contribution in [2.75, 3.05) is 19.6 Å². The van der Waals surface area contributed by atoms with Crippen LogP contribution >= 0.6 is 35.1 Å². The third-order valence-electron chi connectivity index (χ3n) is 3.90. The van der Waals surface area contributed by atoms with E-state index in [0.29, 0.717) is 13.1 Å². The summed E-state index contributed by atoms with van der Waals surface area (Å²) in [7, 11) is 0. The van der Waals surface area contributed by atoms with Gasteiger partial charge in [-0.1, -0.05) is 6.92 Å². The van der Waals surface area contributed by atoms with E-state index in [1.54, 1.807) is 23.4 Å². The van der Waals surface area contributed by atoms with Gasteiger partial charge in [0.2, 0.25) is 0 Å². The standard InChI is InChI=1S/C18H27N5O4S2.ClH/c1-4-23(7-13(2)21-17(24)26-9-15-5-19-11-28-15)8-14(3)22-18(25)27-10-16-6-20-12-29-16;/h5-6,11-14H,4,7-10H2,1-3H3,(H,21,24)(H,22,25);1H/t13-,14-;/m1./s1. The first-order valence-corrected chi connectivity index (χ1v) is 11.1. The van der Waals surface area contributed by atoms with Gasteiger partial charge in [0.15, 0.2) is 0 Å². The molecule has 0 aliphatic carbocycles. The van der Waals surface area contributed by atoms with Crippen molar-refractivity contribution in [2.24, 2.45) is 0 Å². The number of likely N-dealkylation sites (N-methyl/N-ethyl adjacent to an activating group) is 1. The number of carbonyl (C=O) groups excluding carboxylic acids is 2. The summed E-state index contributed by atoms with van der Waals surface area (Å²) in [4.78, 5) is 35.6. The Labute approximate surface area is 190 Å². The Morgan fingerprint density at radius 2 is 1.40 bits per heavy atom. The molecule has 2 amide bonds. The van der Waals surface area contributed by atoms with Crippen LogP contribution in [0.3, 0.4) is 0 Å². The van der Waals surface area contributed by atoms with Gasteiger partial charge in [-0.2, -0.15) is 0 Å². The molecule has 2 aromatic rings. The molecule has 0 radical (unpaired) electrons. The first kappa shape index (κ1) is 26.1. The maximum Gasteiger partial charge on any atom is 0.407 e. The monoisotopic (exact) mass is 477 g/mol. The number of carbonyl (C=O) groups is 2. The Balaban J connectivity index is 0.00000450. The van der Waals surface area contributed by atoms with Crippen LogP contribution in [0.15, 0.2) is 23.4 Å². The van der Waals surface area contributed by atoms with Crippen molar-refractivity contribution in [3.8, 4) is 0 Å². The first-order valence-electron chi connectivity index (χ1n) is 9.30. The molecule has 0 unspecified atom stereocenters. The number of thiazole rings is 2. The molecule has 0 saturated carbocycles. The summed E-state index contributed by atoms with van der Waals surface area (Å²) in [5.41, 5.74) is 3.39. The van der Waals surface area contributed by atoms with Gasteiger partial charge in [-0.3, -0.25) is 14.9 Å². The fraction of sp³-hybridized carbons (Fsp3) is 0.556. The number of hydrogen-bond acceptors (Lipinski definition) is 9. The summed E-state index contributed by atoms with van der Waals surface area (Å²) in [5, 5.41) is 5.64. The average molecular weight is 478 g/mol. The summed E-state index contributed by atoms with van der Waals surface area (Å²) in [6.45, 7) is 8.34. The predicted molar refractivity (Wildman–Crippen MR) is 119 cm³/mol. The van der Waals surface area contributed by atoms with Gasteiger partial charge in [0.1, 0.15) is 13.2 Å². The van der Waals surface area contributed by atoms with E-state index < -0.39 is 12.2 Å². The van der Waals surface area contributed by atoms with Crippen molar-refractivity contribution in [3.05, 3.63) is 33.2 Å². The average Bonchev–Trinajstić information content (AvgIpc) is 3.37. The fourth-order valence-corrected chi connectivity index (χ4v) is 3.60. The molecule has 30 heavy (non-hydrogen) atoms. The lowest BCUT2D eigenvalue weighted by Gasteiger charge is -2.27. The van der Waals surface area contributed by atoms with Crippen LogP contribution in [0, 0.1) is 0 Å². The van der Waals surface area contributed by atoms with Gasteiger partial charge < -0.3 is 20.1 Å². The molecule has 2 atom stereocenters. The highest BCUT2D eigenvalue weighted by Crippen LogP contribution is 2.08. The quantitative estimate of drug-likeness (QED) is 0.511. The molecule has 2 rings (SSSR count). The van der Waals surface area contributed by atoms with Gasteiger partial charge in [-0.05, 0) is 20.4 Å². The highest BCUT2D eigenvalue weighted by Gasteiger charge is 2.16. The molecule has 0 aliphatic heterocycles. The Kier molecular flexibility index (Phi) is 12.3. The Hall–Kier alpha value is -1.95. The minimum absolute atomic E-state index is 0. The van der Waals surface area contributed by atoms with Crippen LogP contribution in [-0.4, -0.2) is 58.8 Å². The second-order valence-corrected chi connectivity index (χ2v) is 8.47. The number of halogens is 1. The molecular formula is C18H28ClN5O4S2. The third kappa shape index (κ3) is 10.2. The van der Waals surface area contributed by atoms with E-state index in [2.05, 4.69) is 25.5 Å². The van der Waals surface area contributed by atoms with Crippen molar-refractivity contribution in [2.45, 2.75) is 46.1 Å². The zero-order valence-corrected chi connectivity index (χ0v) is 19.6. The van der Waals surface area contributed by atoms with Gasteiger partial charge in [-0.15, -0.1) is 35.1 Å². The minimum atomic E-state index is -0.459. The van der Waals surface area contributed by atoms with Crippen molar-refractivity contribution < 1.29 is 19.1 Å². The topological polar surface area (TPSA) is 106 Å². The van der Waals surface area contributed by atoms with Crippen molar-refractivity contribution in [3.63, 3.8) is 0 Å². The maximum absolute atomic E-state index is 11.9. The van der Waals surface area contributed by atoms with Crippen molar-refractivity contribution >= 4 is 47.3 Å². The largest absolute Gasteiger partial charge is 0.444 e. The normalized spacial score (nSPS) is 12.5. The van der Waals surface area contributed by atoms with E-state index in [9.17, 15) is 9.59 Å². The van der Waals surface area contributed by atoms with E-state index >= 15 is 0 Å². The van der Waals surface area contributed by atoms with E-state index in [-0.39, 0.29) is 37.7 Å². The number of alkyl carbamates (subject to hydrolysis) is 2. The van der Waals surface area contributed by atoms with Gasteiger partial charge >= 0.3 is 12.2 Å². The zero-order valence-electron chi connectivity index (χ0n) is 17.2. The van der Waals surface area contributed by atoms with Crippen LogP contribution in [0.4, 0.5) is 9.59 Å². The van der Waals surface area contributed by atoms with Crippen molar-refractivity contribution in [1.82, 2.24) is 25.5 Å². The van der Waals surface area contributed by atoms with Crippen LogP contribution in [0.2, 0.25) is 0 Å². The molecule has 0 aliphatic rings. The lowest BCUT2D eigenvalue weighted by Crippen LogP contribution is -2.47. The molecule has 9 nitrogen and oxygen atoms in total. The molecule has 12 heteroatoms. The summed E-state index contributed by atoms with van der Waals surface area (Å²) >= 11 is 2.88. The summed E-state index contributed by atoms with van der Waals surface area (Å²) < 4.78 is 10.4. The Bertz CT molecular complexity index is 673. The maximum atomic E-state index is 11.9. The first-order chi connectivity index (χ1) is 14.0. The number of ether oxygens (including phenoxy) is 2. The zero-order chi connectivity index (χ0) is 21.1. The van der Waals surface area contributed by atoms with Gasteiger partial charge in [0, 0.05) is 37.6 Å². The highest BCUT2D eigenvalue weighted by atomic mass is 35.5. The molecular weight excluding hydrogens is 450 g/mol. The van der Waals surface area contributed by atoms with Crippen LogP contribution in [-0.2, 0) is 22.7 Å². The summed E-state index contributed by atoms with van der Waals surface area (Å²) in [6, 6.07) is -0.205. The smallest absolute Gasteiger partial charge is 0.407 e. The fourth-order valence-electron chi connectivity index (χ4n) is 2.58. The van der Waals surface area contributed by atoms with Gasteiger partial charge in [-0.25, -0.2) is 9.59 Å². The second-order valence-electron chi connectivity index (χ2n) is 6.53. The number of nitrogens with zero attached hydrogens (tertiary/aromatic N) is 3. The number of aromatic nitrogens is 2. The SMILES string of the molecule is CCN(C[C@@H](C)NC(=O)OCc1cncs1)C[C@@H](C)NC(=O)OCc1cncs1.Cl. The number of amides is 2. The lowest BCUT2D eigenvalue weighted by atomic mass is 10.2. The van der Waals surface area contributed by atoms with E-state index in [0.717, 1.165) is 16.3 Å². The molecule has 0 fully saturated rings. The minimum Gasteiger partial charge on any atom is -0.444 e. The predicted octanol–water partition coefficient (Wildman–Crippen LogP) is 3.27. The molecule has 2 aromatic heterocycles. The van der Waals surface area contributed by atoms with Crippen LogP contribution < -0.4 is 10.6 Å². The molecule has 0 saturated heterocycles. The molecule has 2 heterocycles. The van der Waals surface area contributed by atoms with Gasteiger partial charge in [0.25, 0.3) is 0 Å².